The van der Waals surface area contributed by atoms with Crippen LogP contribution in [0.4, 0.5) is 0 Å². The fourth-order valence-electron chi connectivity index (χ4n) is 2.48. The number of benzene rings is 1. The smallest absolute Gasteiger partial charge is 0.123 e. The van der Waals surface area contributed by atoms with E-state index in [0.717, 1.165) is 24.8 Å². The SMILES string of the molecule is C=CC.CC1=CC(c2c(O)cc(C)cc2O)CCC1. The molecule has 0 fully saturated rings. The van der Waals surface area contributed by atoms with E-state index >= 15 is 0 Å². The Morgan fingerprint density at radius 2 is 1.74 bits per heavy atom. The lowest BCUT2D eigenvalue weighted by Crippen LogP contribution is -2.03. The van der Waals surface area contributed by atoms with Gasteiger partial charge < -0.3 is 10.2 Å². The van der Waals surface area contributed by atoms with Crippen LogP contribution >= 0.6 is 0 Å². The van der Waals surface area contributed by atoms with Crippen LogP contribution in [0.1, 0.15) is 50.2 Å². The summed E-state index contributed by atoms with van der Waals surface area (Å²) in [5, 5.41) is 19.8. The van der Waals surface area contributed by atoms with Crippen molar-refractivity contribution in [2.75, 3.05) is 0 Å². The molecule has 0 aliphatic heterocycles. The monoisotopic (exact) mass is 260 g/mol. The highest BCUT2D eigenvalue weighted by atomic mass is 16.3. The van der Waals surface area contributed by atoms with Crippen molar-refractivity contribution < 1.29 is 10.2 Å². The van der Waals surface area contributed by atoms with E-state index in [0.29, 0.717) is 5.56 Å². The number of hydrogen-bond donors (Lipinski definition) is 2. The molecule has 2 rings (SSSR count). The minimum atomic E-state index is 0.161. The van der Waals surface area contributed by atoms with Crippen LogP contribution in [0.3, 0.4) is 0 Å². The first-order valence-electron chi connectivity index (χ1n) is 6.76. The van der Waals surface area contributed by atoms with Gasteiger partial charge in [-0.25, -0.2) is 0 Å². The van der Waals surface area contributed by atoms with Crippen LogP contribution in [-0.2, 0) is 0 Å². The molecule has 1 atom stereocenters. The highest BCUT2D eigenvalue weighted by molar-refractivity contribution is 5.50. The maximum atomic E-state index is 9.92. The summed E-state index contributed by atoms with van der Waals surface area (Å²) in [5.41, 5.74) is 2.91. The molecule has 1 aromatic carbocycles. The van der Waals surface area contributed by atoms with Crippen LogP contribution < -0.4 is 0 Å². The lowest BCUT2D eigenvalue weighted by molar-refractivity contribution is 0.428. The molecule has 104 valence electrons. The molecular formula is C17H24O2. The Morgan fingerprint density at radius 3 is 2.21 bits per heavy atom. The van der Waals surface area contributed by atoms with Gasteiger partial charge in [0.15, 0.2) is 0 Å². The van der Waals surface area contributed by atoms with Crippen LogP contribution in [0.25, 0.3) is 0 Å². The molecule has 2 nitrogen and oxygen atoms in total. The highest BCUT2D eigenvalue weighted by Gasteiger charge is 2.20. The van der Waals surface area contributed by atoms with E-state index in [-0.39, 0.29) is 17.4 Å². The largest absolute Gasteiger partial charge is 0.507 e. The average Bonchev–Trinajstić information content (AvgIpc) is 2.28. The van der Waals surface area contributed by atoms with E-state index < -0.39 is 0 Å². The van der Waals surface area contributed by atoms with Crippen LogP contribution in [0.2, 0.25) is 0 Å². The van der Waals surface area contributed by atoms with Crippen molar-refractivity contribution in [3.63, 3.8) is 0 Å². The molecule has 1 aromatic rings. The third-order valence-corrected chi connectivity index (χ3v) is 3.22. The molecule has 1 aliphatic carbocycles. The lowest BCUT2D eigenvalue weighted by Gasteiger charge is -2.21. The topological polar surface area (TPSA) is 40.5 Å². The predicted octanol–water partition coefficient (Wildman–Crippen LogP) is 4.81. The van der Waals surface area contributed by atoms with Crippen molar-refractivity contribution >= 4 is 0 Å². The lowest BCUT2D eigenvalue weighted by atomic mass is 9.85. The van der Waals surface area contributed by atoms with E-state index in [4.69, 9.17) is 0 Å². The molecule has 0 aromatic heterocycles. The van der Waals surface area contributed by atoms with Gasteiger partial charge >= 0.3 is 0 Å². The number of rotatable bonds is 1. The molecule has 19 heavy (non-hydrogen) atoms. The third-order valence-electron chi connectivity index (χ3n) is 3.22. The van der Waals surface area contributed by atoms with Gasteiger partial charge in [0.1, 0.15) is 11.5 Å². The standard InChI is InChI=1S/C14H18O2.C3H6/c1-9-4-3-5-11(6-9)14-12(15)7-10(2)8-13(14)16;1-3-2/h6-8,11,15-16H,3-5H2,1-2H3;3H,1H2,2H3. The quantitative estimate of drug-likeness (QED) is 0.711. The van der Waals surface area contributed by atoms with Gasteiger partial charge in [0, 0.05) is 11.5 Å². The normalized spacial score (nSPS) is 18.1. The molecule has 0 heterocycles. The summed E-state index contributed by atoms with van der Waals surface area (Å²) in [6, 6.07) is 3.43. The Kier molecular flexibility index (Phi) is 5.68. The maximum Gasteiger partial charge on any atom is 0.123 e. The minimum Gasteiger partial charge on any atom is -0.507 e. The zero-order valence-electron chi connectivity index (χ0n) is 12.1. The second kappa shape index (κ2) is 7.03. The number of phenolic OH excluding ortho intramolecular Hbond substituents is 2. The van der Waals surface area contributed by atoms with Gasteiger partial charge in [-0.2, -0.15) is 0 Å². The second-order valence-corrected chi connectivity index (χ2v) is 5.14. The molecule has 1 aliphatic rings. The van der Waals surface area contributed by atoms with E-state index in [1.165, 1.54) is 5.57 Å². The number of aromatic hydroxyl groups is 2. The molecule has 2 heteroatoms. The van der Waals surface area contributed by atoms with Crippen LogP contribution in [0.15, 0.2) is 36.4 Å². The van der Waals surface area contributed by atoms with Crippen LogP contribution in [0.5, 0.6) is 11.5 Å². The fourth-order valence-corrected chi connectivity index (χ4v) is 2.48. The summed E-state index contributed by atoms with van der Waals surface area (Å²) in [6.07, 6.45) is 7.17. The maximum absolute atomic E-state index is 9.92. The molecule has 0 spiro atoms. The zero-order chi connectivity index (χ0) is 14.4. The van der Waals surface area contributed by atoms with Gasteiger partial charge in [-0.1, -0.05) is 17.7 Å². The zero-order valence-corrected chi connectivity index (χ0v) is 12.1. The van der Waals surface area contributed by atoms with Crippen LogP contribution in [0, 0.1) is 6.92 Å². The summed E-state index contributed by atoms with van der Waals surface area (Å²) >= 11 is 0. The Morgan fingerprint density at radius 1 is 1.21 bits per heavy atom. The van der Waals surface area contributed by atoms with E-state index in [1.54, 1.807) is 18.2 Å². The summed E-state index contributed by atoms with van der Waals surface area (Å²) in [4.78, 5) is 0. The van der Waals surface area contributed by atoms with Gasteiger partial charge in [0.2, 0.25) is 0 Å². The van der Waals surface area contributed by atoms with Crippen molar-refractivity contribution in [2.45, 2.75) is 46.0 Å². The summed E-state index contributed by atoms with van der Waals surface area (Å²) in [5.74, 6) is 0.594. The second-order valence-electron chi connectivity index (χ2n) is 5.14. The predicted molar refractivity (Wildman–Crippen MR) is 80.7 cm³/mol. The molecule has 2 N–H and O–H groups in total. The van der Waals surface area contributed by atoms with E-state index in [1.807, 2.05) is 13.8 Å². The molecule has 0 saturated heterocycles. The van der Waals surface area contributed by atoms with E-state index in [9.17, 15) is 10.2 Å². The number of hydrogen-bond acceptors (Lipinski definition) is 2. The molecule has 0 amide bonds. The first-order chi connectivity index (χ1) is 8.99. The van der Waals surface area contributed by atoms with Gasteiger partial charge in [-0.05, 0) is 57.7 Å². The van der Waals surface area contributed by atoms with E-state index in [2.05, 4.69) is 19.6 Å². The fraction of sp³-hybridized carbons (Fsp3) is 0.412. The van der Waals surface area contributed by atoms with Crippen molar-refractivity contribution in [3.8, 4) is 11.5 Å². The minimum absolute atomic E-state index is 0.161. The molecule has 1 unspecified atom stereocenters. The number of allylic oxidation sites excluding steroid dienone is 3. The first-order valence-corrected chi connectivity index (χ1v) is 6.76. The molecule has 0 radical (unpaired) electrons. The summed E-state index contributed by atoms with van der Waals surface area (Å²) < 4.78 is 0. The third kappa shape index (κ3) is 4.16. The van der Waals surface area contributed by atoms with Crippen molar-refractivity contribution in [3.05, 3.63) is 47.6 Å². The van der Waals surface area contributed by atoms with Crippen LogP contribution in [-0.4, -0.2) is 10.2 Å². The number of phenols is 2. The van der Waals surface area contributed by atoms with Gasteiger partial charge in [0.05, 0.1) is 0 Å². The Hall–Kier alpha value is -1.70. The average molecular weight is 260 g/mol. The Labute approximate surface area is 116 Å². The summed E-state index contributed by atoms with van der Waals surface area (Å²) in [6.45, 7) is 9.22. The van der Waals surface area contributed by atoms with Gasteiger partial charge in [-0.3, -0.25) is 0 Å². The Balaban J connectivity index is 0.000000550. The molecular weight excluding hydrogens is 236 g/mol. The molecule has 0 bridgehead atoms. The first kappa shape index (κ1) is 15.4. The van der Waals surface area contributed by atoms with Gasteiger partial charge in [-0.15, -0.1) is 6.58 Å². The molecule has 0 saturated carbocycles. The van der Waals surface area contributed by atoms with Gasteiger partial charge in [0.25, 0.3) is 0 Å². The van der Waals surface area contributed by atoms with Crippen molar-refractivity contribution in [1.29, 1.82) is 0 Å². The highest BCUT2D eigenvalue weighted by Crippen LogP contribution is 2.41. The summed E-state index contributed by atoms with van der Waals surface area (Å²) in [7, 11) is 0. The number of aryl methyl sites for hydroxylation is 1. The van der Waals surface area contributed by atoms with Crippen molar-refractivity contribution in [1.82, 2.24) is 0 Å². The van der Waals surface area contributed by atoms with Crippen molar-refractivity contribution in [2.24, 2.45) is 0 Å². The Bertz CT molecular complexity index is 449.